The molecule has 1 amide bonds. The smallest absolute Gasteiger partial charge is 0.226 e. The average Bonchev–Trinajstić information content (AvgIpc) is 3.30. The van der Waals surface area contributed by atoms with Crippen molar-refractivity contribution >= 4 is 28.5 Å². The number of piperidine rings is 1. The Morgan fingerprint density at radius 1 is 0.973 bits per heavy atom. The van der Waals surface area contributed by atoms with Crippen LogP contribution in [0.2, 0.25) is 5.02 Å². The SMILES string of the molecule is Cc1cccc2c1nc(COc1ccc(Cl)cc1)n2CCC(Cc1ccccc1)C(=O)N1CCCCC1. The van der Waals surface area contributed by atoms with Gasteiger partial charge in [-0.15, -0.1) is 0 Å². The summed E-state index contributed by atoms with van der Waals surface area (Å²) in [6, 6.07) is 24.0. The van der Waals surface area contributed by atoms with Gasteiger partial charge in [-0.3, -0.25) is 4.79 Å². The van der Waals surface area contributed by atoms with Gasteiger partial charge < -0.3 is 14.2 Å². The second-order valence-electron chi connectivity index (χ2n) is 9.93. The number of likely N-dealkylation sites (tertiary alicyclic amines) is 1. The van der Waals surface area contributed by atoms with Crippen molar-refractivity contribution in [1.29, 1.82) is 0 Å². The van der Waals surface area contributed by atoms with Crippen molar-refractivity contribution in [2.75, 3.05) is 13.1 Å². The van der Waals surface area contributed by atoms with E-state index >= 15 is 0 Å². The molecule has 4 aromatic rings. The predicted octanol–water partition coefficient (Wildman–Crippen LogP) is 6.84. The van der Waals surface area contributed by atoms with Crippen LogP contribution in [0.1, 0.15) is 42.6 Å². The van der Waals surface area contributed by atoms with Gasteiger partial charge in [-0.2, -0.15) is 0 Å². The van der Waals surface area contributed by atoms with E-state index < -0.39 is 0 Å². The molecule has 192 valence electrons. The number of aryl methyl sites for hydroxylation is 2. The molecule has 5 rings (SSSR count). The lowest BCUT2D eigenvalue weighted by molar-refractivity contribution is -0.136. The minimum absolute atomic E-state index is 0.0761. The Kier molecular flexibility index (Phi) is 8.10. The Hall–Kier alpha value is -3.31. The molecular weight excluding hydrogens is 482 g/mol. The molecule has 5 nitrogen and oxygen atoms in total. The summed E-state index contributed by atoms with van der Waals surface area (Å²) < 4.78 is 8.32. The van der Waals surface area contributed by atoms with Gasteiger partial charge in [0.25, 0.3) is 0 Å². The molecule has 1 atom stereocenters. The Morgan fingerprint density at radius 2 is 1.73 bits per heavy atom. The summed E-state index contributed by atoms with van der Waals surface area (Å²) in [7, 11) is 0. The van der Waals surface area contributed by atoms with Gasteiger partial charge in [0.05, 0.1) is 11.0 Å². The number of amides is 1. The van der Waals surface area contributed by atoms with Gasteiger partial charge in [-0.05, 0) is 80.5 Å². The Balaban J connectivity index is 1.39. The van der Waals surface area contributed by atoms with Crippen LogP contribution < -0.4 is 4.74 Å². The molecule has 1 aromatic heterocycles. The third-order valence-corrected chi connectivity index (χ3v) is 7.54. The van der Waals surface area contributed by atoms with Crippen molar-refractivity contribution in [2.24, 2.45) is 5.92 Å². The fourth-order valence-corrected chi connectivity index (χ4v) is 5.37. The summed E-state index contributed by atoms with van der Waals surface area (Å²) in [5.41, 5.74) is 4.41. The summed E-state index contributed by atoms with van der Waals surface area (Å²) in [5.74, 6) is 1.82. The Bertz CT molecular complexity index is 1330. The van der Waals surface area contributed by atoms with Crippen molar-refractivity contribution in [3.63, 3.8) is 0 Å². The Morgan fingerprint density at radius 3 is 2.49 bits per heavy atom. The number of halogens is 1. The van der Waals surface area contributed by atoms with E-state index in [1.54, 1.807) is 0 Å². The molecule has 1 fully saturated rings. The first kappa shape index (κ1) is 25.3. The second kappa shape index (κ2) is 11.8. The maximum absolute atomic E-state index is 13.7. The highest BCUT2D eigenvalue weighted by atomic mass is 35.5. The van der Waals surface area contributed by atoms with Crippen LogP contribution in [0.15, 0.2) is 72.8 Å². The quantitative estimate of drug-likeness (QED) is 0.245. The first-order valence-corrected chi connectivity index (χ1v) is 13.6. The molecule has 0 bridgehead atoms. The summed E-state index contributed by atoms with van der Waals surface area (Å²) in [5, 5.41) is 0.679. The van der Waals surface area contributed by atoms with E-state index in [2.05, 4.69) is 58.9 Å². The Labute approximate surface area is 224 Å². The van der Waals surface area contributed by atoms with Gasteiger partial charge in [-0.25, -0.2) is 4.98 Å². The molecule has 0 spiro atoms. The highest BCUT2D eigenvalue weighted by Crippen LogP contribution is 2.25. The molecule has 1 unspecified atom stereocenters. The number of hydrogen-bond donors (Lipinski definition) is 0. The summed E-state index contributed by atoms with van der Waals surface area (Å²) in [6.45, 7) is 4.88. The molecule has 1 aliphatic heterocycles. The molecule has 1 saturated heterocycles. The average molecular weight is 516 g/mol. The number of fused-ring (bicyclic) bond motifs is 1. The van der Waals surface area contributed by atoms with E-state index in [0.29, 0.717) is 18.2 Å². The van der Waals surface area contributed by atoms with Gasteiger partial charge >= 0.3 is 0 Å². The summed E-state index contributed by atoms with van der Waals surface area (Å²) >= 11 is 6.03. The van der Waals surface area contributed by atoms with Gasteiger partial charge in [0.2, 0.25) is 5.91 Å². The number of carbonyl (C=O) groups is 1. The van der Waals surface area contributed by atoms with E-state index in [4.69, 9.17) is 21.3 Å². The monoisotopic (exact) mass is 515 g/mol. The molecule has 6 heteroatoms. The van der Waals surface area contributed by atoms with E-state index in [-0.39, 0.29) is 11.8 Å². The molecule has 2 heterocycles. The lowest BCUT2D eigenvalue weighted by Crippen LogP contribution is -2.40. The topological polar surface area (TPSA) is 47.4 Å². The largest absolute Gasteiger partial charge is 0.486 e. The van der Waals surface area contributed by atoms with Gasteiger partial charge in [0.15, 0.2) is 0 Å². The minimum Gasteiger partial charge on any atom is -0.486 e. The molecule has 0 saturated carbocycles. The van der Waals surface area contributed by atoms with Gasteiger partial charge in [0, 0.05) is 30.6 Å². The number of ether oxygens (including phenoxy) is 1. The van der Waals surface area contributed by atoms with Crippen LogP contribution in [-0.4, -0.2) is 33.4 Å². The number of rotatable bonds is 9. The number of nitrogens with zero attached hydrogens (tertiary/aromatic N) is 3. The van der Waals surface area contributed by atoms with Crippen molar-refractivity contribution in [1.82, 2.24) is 14.5 Å². The molecule has 1 aliphatic rings. The van der Waals surface area contributed by atoms with Gasteiger partial charge in [0.1, 0.15) is 18.2 Å². The van der Waals surface area contributed by atoms with E-state index in [9.17, 15) is 4.79 Å². The molecule has 0 aliphatic carbocycles. The third kappa shape index (κ3) is 6.16. The van der Waals surface area contributed by atoms with Crippen LogP contribution in [0, 0.1) is 12.8 Å². The number of hydrogen-bond acceptors (Lipinski definition) is 3. The first-order chi connectivity index (χ1) is 18.1. The molecule has 0 radical (unpaired) electrons. The number of carbonyl (C=O) groups excluding carboxylic acids is 1. The zero-order chi connectivity index (χ0) is 25.6. The molecular formula is C31H34ClN3O2. The van der Waals surface area contributed by atoms with E-state index in [1.165, 1.54) is 12.0 Å². The molecule has 0 N–H and O–H groups in total. The highest BCUT2D eigenvalue weighted by molar-refractivity contribution is 6.30. The standard InChI is InChI=1S/C31H34ClN3O2/c1-23-9-8-12-28-30(23)33-29(22-37-27-15-13-26(32)14-16-27)35(28)20-17-25(21-24-10-4-2-5-11-24)31(36)34-18-6-3-7-19-34/h2,4-5,8-16,25H,3,6-7,17-22H2,1H3. The van der Waals surface area contributed by atoms with Crippen molar-refractivity contribution in [2.45, 2.75) is 52.2 Å². The minimum atomic E-state index is -0.0761. The van der Waals surface area contributed by atoms with E-state index in [0.717, 1.165) is 66.9 Å². The molecule has 3 aromatic carbocycles. The van der Waals surface area contributed by atoms with Crippen LogP contribution in [0.3, 0.4) is 0 Å². The van der Waals surface area contributed by atoms with Crippen LogP contribution in [0.4, 0.5) is 0 Å². The summed E-state index contributed by atoms with van der Waals surface area (Å²) in [4.78, 5) is 20.7. The van der Waals surface area contributed by atoms with Crippen LogP contribution in [0.5, 0.6) is 5.75 Å². The predicted molar refractivity (Wildman–Crippen MR) is 149 cm³/mol. The highest BCUT2D eigenvalue weighted by Gasteiger charge is 2.26. The maximum atomic E-state index is 13.7. The van der Waals surface area contributed by atoms with Crippen LogP contribution in [0.25, 0.3) is 11.0 Å². The first-order valence-electron chi connectivity index (χ1n) is 13.2. The third-order valence-electron chi connectivity index (χ3n) is 7.28. The fourth-order valence-electron chi connectivity index (χ4n) is 5.24. The molecule has 37 heavy (non-hydrogen) atoms. The maximum Gasteiger partial charge on any atom is 0.226 e. The van der Waals surface area contributed by atoms with Gasteiger partial charge in [-0.1, -0.05) is 54.1 Å². The van der Waals surface area contributed by atoms with Crippen molar-refractivity contribution in [3.8, 4) is 5.75 Å². The van der Waals surface area contributed by atoms with Crippen LogP contribution >= 0.6 is 11.6 Å². The van der Waals surface area contributed by atoms with E-state index in [1.807, 2.05) is 30.3 Å². The number of benzene rings is 3. The summed E-state index contributed by atoms with van der Waals surface area (Å²) in [6.07, 6.45) is 4.91. The normalized spacial score (nSPS) is 14.6. The lowest BCUT2D eigenvalue weighted by atomic mass is 9.93. The van der Waals surface area contributed by atoms with Crippen LogP contribution in [-0.2, 0) is 24.4 Å². The lowest BCUT2D eigenvalue weighted by Gasteiger charge is -2.31. The zero-order valence-electron chi connectivity index (χ0n) is 21.4. The van der Waals surface area contributed by atoms with Crippen molar-refractivity contribution < 1.29 is 9.53 Å². The second-order valence-corrected chi connectivity index (χ2v) is 10.4. The zero-order valence-corrected chi connectivity index (χ0v) is 22.2. The fraction of sp³-hybridized carbons (Fsp3) is 0.355. The number of aromatic nitrogens is 2. The number of para-hydroxylation sites is 1. The number of imidazole rings is 1. The van der Waals surface area contributed by atoms with Crippen molar-refractivity contribution in [3.05, 3.63) is 94.8 Å².